The summed E-state index contributed by atoms with van der Waals surface area (Å²) in [4.78, 5) is 38.9. The van der Waals surface area contributed by atoms with E-state index in [1.807, 2.05) is 18.2 Å². The van der Waals surface area contributed by atoms with Crippen molar-refractivity contribution < 1.29 is 9.90 Å². The second-order valence-corrected chi connectivity index (χ2v) is 6.40. The van der Waals surface area contributed by atoms with Crippen LogP contribution in [0.1, 0.15) is 15.9 Å². The van der Waals surface area contributed by atoms with Gasteiger partial charge in [-0.2, -0.15) is 5.10 Å². The summed E-state index contributed by atoms with van der Waals surface area (Å²) >= 11 is 0. The van der Waals surface area contributed by atoms with Gasteiger partial charge in [0.2, 0.25) is 5.88 Å². The van der Waals surface area contributed by atoms with Crippen molar-refractivity contribution in [3.63, 3.8) is 0 Å². The van der Waals surface area contributed by atoms with Gasteiger partial charge in [-0.05, 0) is 23.6 Å². The number of nitrogens with zero attached hydrogens (tertiary/aromatic N) is 2. The molecule has 0 saturated carbocycles. The highest BCUT2D eigenvalue weighted by molar-refractivity contribution is 5.95. The maximum absolute atomic E-state index is 12.5. The highest BCUT2D eigenvalue weighted by Gasteiger charge is 2.16. The van der Waals surface area contributed by atoms with Gasteiger partial charge in [-0.1, -0.05) is 54.6 Å². The minimum atomic E-state index is -0.827. The van der Waals surface area contributed by atoms with Crippen molar-refractivity contribution in [1.82, 2.24) is 15.0 Å². The monoisotopic (exact) mass is 400 g/mol. The van der Waals surface area contributed by atoms with Gasteiger partial charge in [0.05, 0.1) is 11.9 Å². The second-order valence-electron chi connectivity index (χ2n) is 6.40. The third kappa shape index (κ3) is 3.49. The fraction of sp³-hybridized carbons (Fsp3) is 0. The molecular formula is C22H16N4O4. The summed E-state index contributed by atoms with van der Waals surface area (Å²) in [6, 6.07) is 21.0. The number of benzene rings is 3. The van der Waals surface area contributed by atoms with Crippen molar-refractivity contribution in [2.45, 2.75) is 0 Å². The Bertz CT molecular complexity index is 1380. The van der Waals surface area contributed by atoms with Crippen LogP contribution in [0.3, 0.4) is 0 Å². The van der Waals surface area contributed by atoms with Gasteiger partial charge >= 0.3 is 5.69 Å². The number of H-pyrrole nitrogens is 1. The Morgan fingerprint density at radius 3 is 2.47 bits per heavy atom. The number of carbonyl (C=O) groups excluding carboxylic acids is 1. The SMILES string of the molecule is O=C(N/N=C/c1c(O)n(-c2cccc3ccccc23)c(=O)[nH]c1=O)c1ccccc1. The van der Waals surface area contributed by atoms with Gasteiger partial charge in [0.25, 0.3) is 11.5 Å². The highest BCUT2D eigenvalue weighted by atomic mass is 16.3. The molecule has 0 aliphatic rings. The minimum absolute atomic E-state index is 0.268. The smallest absolute Gasteiger partial charge is 0.335 e. The van der Waals surface area contributed by atoms with Gasteiger partial charge in [-0.3, -0.25) is 14.6 Å². The van der Waals surface area contributed by atoms with E-state index in [2.05, 4.69) is 15.5 Å². The molecular weight excluding hydrogens is 384 g/mol. The Labute approximate surface area is 169 Å². The van der Waals surface area contributed by atoms with Crippen molar-refractivity contribution in [1.29, 1.82) is 0 Å². The first kappa shape index (κ1) is 18.9. The number of hydrogen-bond donors (Lipinski definition) is 3. The van der Waals surface area contributed by atoms with Gasteiger partial charge in [0.1, 0.15) is 5.56 Å². The van der Waals surface area contributed by atoms with E-state index in [0.717, 1.165) is 16.2 Å². The summed E-state index contributed by atoms with van der Waals surface area (Å²) in [5.74, 6) is -1.07. The number of hydrazone groups is 1. The average Bonchev–Trinajstić information content (AvgIpc) is 2.76. The number of aromatic hydroxyl groups is 1. The largest absolute Gasteiger partial charge is 0.493 e. The molecule has 0 saturated heterocycles. The van der Waals surface area contributed by atoms with Crippen molar-refractivity contribution in [3.05, 3.63) is 105 Å². The maximum atomic E-state index is 12.5. The van der Waals surface area contributed by atoms with E-state index < -0.39 is 23.0 Å². The molecule has 4 aromatic rings. The van der Waals surface area contributed by atoms with Crippen LogP contribution >= 0.6 is 0 Å². The predicted molar refractivity (Wildman–Crippen MR) is 113 cm³/mol. The molecule has 0 bridgehead atoms. The van der Waals surface area contributed by atoms with Crippen LogP contribution in [0.2, 0.25) is 0 Å². The molecule has 8 nitrogen and oxygen atoms in total. The van der Waals surface area contributed by atoms with Crippen LogP contribution in [-0.2, 0) is 0 Å². The molecule has 0 unspecified atom stereocenters. The van der Waals surface area contributed by atoms with Gasteiger partial charge in [0.15, 0.2) is 0 Å². The molecule has 3 N–H and O–H groups in total. The highest BCUT2D eigenvalue weighted by Crippen LogP contribution is 2.24. The standard InChI is InChI=1S/C22H16N4O4/c27-19(15-8-2-1-3-9-15)25-23-13-17-20(28)24-22(30)26(21(17)29)18-12-6-10-14-7-4-5-11-16(14)18/h1-13,29H,(H,25,27)(H,24,28,30)/b23-13+. The van der Waals surface area contributed by atoms with Crippen LogP contribution < -0.4 is 16.7 Å². The third-order valence-electron chi connectivity index (χ3n) is 4.52. The fourth-order valence-corrected chi connectivity index (χ4v) is 3.09. The quantitative estimate of drug-likeness (QED) is 0.359. The second kappa shape index (κ2) is 7.88. The average molecular weight is 400 g/mol. The lowest BCUT2D eigenvalue weighted by Crippen LogP contribution is -2.31. The first-order valence-electron chi connectivity index (χ1n) is 9.01. The summed E-state index contributed by atoms with van der Waals surface area (Å²) in [6.07, 6.45) is 0.996. The maximum Gasteiger partial charge on any atom is 0.335 e. The lowest BCUT2D eigenvalue weighted by molar-refractivity contribution is 0.0955. The summed E-state index contributed by atoms with van der Waals surface area (Å²) in [6.45, 7) is 0. The Hall–Kier alpha value is -4.46. The van der Waals surface area contributed by atoms with Crippen molar-refractivity contribution in [2.24, 2.45) is 5.10 Å². The zero-order valence-corrected chi connectivity index (χ0v) is 15.6. The summed E-state index contributed by atoms with van der Waals surface area (Å²) < 4.78 is 0.990. The van der Waals surface area contributed by atoms with Crippen LogP contribution in [-0.4, -0.2) is 26.8 Å². The Balaban J connectivity index is 1.75. The zero-order valence-electron chi connectivity index (χ0n) is 15.6. The molecule has 148 valence electrons. The van der Waals surface area contributed by atoms with Crippen molar-refractivity contribution in [3.8, 4) is 11.6 Å². The molecule has 1 aromatic heterocycles. The Kier molecular flexibility index (Phi) is 4.96. The van der Waals surface area contributed by atoms with E-state index in [1.54, 1.807) is 54.6 Å². The molecule has 30 heavy (non-hydrogen) atoms. The van der Waals surface area contributed by atoms with Crippen LogP contribution in [0.5, 0.6) is 5.88 Å². The molecule has 0 atom stereocenters. The lowest BCUT2D eigenvalue weighted by Gasteiger charge is -2.12. The van der Waals surface area contributed by atoms with Crippen LogP contribution in [0, 0.1) is 0 Å². The predicted octanol–water partition coefficient (Wildman–Crippen LogP) is 2.15. The number of fused-ring (bicyclic) bond motifs is 1. The first-order chi connectivity index (χ1) is 14.6. The van der Waals surface area contributed by atoms with Crippen LogP contribution in [0.15, 0.2) is 87.5 Å². The molecule has 4 rings (SSSR count). The molecule has 0 aliphatic heterocycles. The first-order valence-corrected chi connectivity index (χ1v) is 9.01. The topological polar surface area (TPSA) is 117 Å². The number of hydrogen-bond acceptors (Lipinski definition) is 5. The molecule has 0 radical (unpaired) electrons. The number of amides is 1. The van der Waals surface area contributed by atoms with E-state index in [-0.39, 0.29) is 5.56 Å². The summed E-state index contributed by atoms with van der Waals surface area (Å²) in [7, 11) is 0. The molecule has 8 heteroatoms. The lowest BCUT2D eigenvalue weighted by atomic mass is 10.1. The van der Waals surface area contributed by atoms with Gasteiger partial charge in [-0.15, -0.1) is 0 Å². The van der Waals surface area contributed by atoms with Gasteiger partial charge in [-0.25, -0.2) is 14.8 Å². The molecule has 0 spiro atoms. The molecule has 3 aromatic carbocycles. The Morgan fingerprint density at radius 2 is 1.67 bits per heavy atom. The van der Waals surface area contributed by atoms with E-state index >= 15 is 0 Å². The van der Waals surface area contributed by atoms with Crippen molar-refractivity contribution in [2.75, 3.05) is 0 Å². The van der Waals surface area contributed by atoms with Gasteiger partial charge < -0.3 is 5.11 Å². The van der Waals surface area contributed by atoms with Gasteiger partial charge in [0, 0.05) is 10.9 Å². The molecule has 0 fully saturated rings. The summed E-state index contributed by atoms with van der Waals surface area (Å²) in [5.41, 5.74) is 1.18. The normalized spacial score (nSPS) is 11.1. The minimum Gasteiger partial charge on any atom is -0.493 e. The van der Waals surface area contributed by atoms with Crippen LogP contribution in [0.4, 0.5) is 0 Å². The third-order valence-corrected chi connectivity index (χ3v) is 4.52. The number of nitrogens with one attached hydrogen (secondary N) is 2. The van der Waals surface area contributed by atoms with E-state index in [1.165, 1.54) is 0 Å². The van der Waals surface area contributed by atoms with E-state index in [4.69, 9.17) is 0 Å². The fourth-order valence-electron chi connectivity index (χ4n) is 3.09. The Morgan fingerprint density at radius 1 is 0.967 bits per heavy atom. The molecule has 1 amide bonds. The zero-order chi connectivity index (χ0) is 21.1. The number of aromatic amines is 1. The van der Waals surface area contributed by atoms with Crippen molar-refractivity contribution >= 4 is 22.9 Å². The molecule has 0 aliphatic carbocycles. The summed E-state index contributed by atoms with van der Waals surface area (Å²) in [5, 5.41) is 16.0. The number of aromatic nitrogens is 2. The molecule has 1 heterocycles. The number of rotatable bonds is 4. The van der Waals surface area contributed by atoms with Crippen LogP contribution in [0.25, 0.3) is 16.5 Å². The van der Waals surface area contributed by atoms with E-state index in [9.17, 15) is 19.5 Å². The number of carbonyl (C=O) groups is 1. The van der Waals surface area contributed by atoms with E-state index in [0.29, 0.717) is 16.6 Å².